The number of carbonyl (C=O) groups excluding carboxylic acids is 1. The number of hydrogen-bond acceptors (Lipinski definition) is 3. The number of nitrogens with zero attached hydrogens (tertiary/aromatic N) is 1. The molecule has 0 aromatic heterocycles. The molecule has 4 nitrogen and oxygen atoms in total. The zero-order chi connectivity index (χ0) is 12.7. The van der Waals surface area contributed by atoms with Gasteiger partial charge < -0.3 is 11.1 Å². The Kier molecular flexibility index (Phi) is 6.52. The molecule has 0 aliphatic carbocycles. The largest absolute Gasteiger partial charge is 0.368 e. The Hall–Kier alpha value is -0.610. The molecule has 1 amide bonds. The first-order chi connectivity index (χ1) is 8.19. The average molecular weight is 241 g/mol. The van der Waals surface area contributed by atoms with E-state index >= 15 is 0 Å². The van der Waals surface area contributed by atoms with E-state index in [9.17, 15) is 4.79 Å². The first kappa shape index (κ1) is 14.5. The van der Waals surface area contributed by atoms with E-state index in [1.54, 1.807) is 0 Å². The van der Waals surface area contributed by atoms with Gasteiger partial charge in [-0.15, -0.1) is 0 Å². The number of hydrogen-bond donors (Lipinski definition) is 2. The van der Waals surface area contributed by atoms with Crippen molar-refractivity contribution in [3.63, 3.8) is 0 Å². The van der Waals surface area contributed by atoms with Crippen molar-refractivity contribution in [1.82, 2.24) is 10.2 Å². The van der Waals surface area contributed by atoms with Crippen molar-refractivity contribution in [2.24, 2.45) is 5.73 Å². The first-order valence-corrected chi connectivity index (χ1v) is 6.95. The predicted molar refractivity (Wildman–Crippen MR) is 70.8 cm³/mol. The van der Waals surface area contributed by atoms with Crippen molar-refractivity contribution in [1.29, 1.82) is 0 Å². The zero-order valence-corrected chi connectivity index (χ0v) is 11.2. The monoisotopic (exact) mass is 241 g/mol. The van der Waals surface area contributed by atoms with Gasteiger partial charge >= 0.3 is 0 Å². The molecular weight excluding hydrogens is 214 g/mol. The zero-order valence-electron chi connectivity index (χ0n) is 11.2. The van der Waals surface area contributed by atoms with Crippen molar-refractivity contribution >= 4 is 5.91 Å². The van der Waals surface area contributed by atoms with Gasteiger partial charge in [-0.2, -0.15) is 0 Å². The second-order valence-corrected chi connectivity index (χ2v) is 4.92. The van der Waals surface area contributed by atoms with E-state index in [1.165, 1.54) is 25.7 Å². The highest BCUT2D eigenvalue weighted by Gasteiger charge is 2.24. The quantitative estimate of drug-likeness (QED) is 0.732. The molecule has 1 aliphatic rings. The molecule has 2 unspecified atom stereocenters. The molecular formula is C13H27N3O. The summed E-state index contributed by atoms with van der Waals surface area (Å²) in [5.41, 5.74) is 5.44. The van der Waals surface area contributed by atoms with Crippen molar-refractivity contribution in [2.45, 2.75) is 58.0 Å². The Morgan fingerprint density at radius 3 is 2.76 bits per heavy atom. The van der Waals surface area contributed by atoms with Crippen LogP contribution in [-0.4, -0.2) is 42.5 Å². The van der Waals surface area contributed by atoms with Gasteiger partial charge in [-0.25, -0.2) is 0 Å². The van der Waals surface area contributed by atoms with Crippen LogP contribution in [0.3, 0.4) is 0 Å². The molecule has 0 aromatic carbocycles. The van der Waals surface area contributed by atoms with E-state index in [-0.39, 0.29) is 11.9 Å². The Bertz CT molecular complexity index is 233. The van der Waals surface area contributed by atoms with Crippen LogP contribution in [0.25, 0.3) is 0 Å². The lowest BCUT2D eigenvalue weighted by Gasteiger charge is -2.31. The third-order valence-electron chi connectivity index (χ3n) is 3.68. The maximum absolute atomic E-state index is 11.4. The minimum Gasteiger partial charge on any atom is -0.368 e. The molecule has 17 heavy (non-hydrogen) atoms. The average Bonchev–Trinajstić information content (AvgIpc) is 2.53. The second-order valence-electron chi connectivity index (χ2n) is 4.92. The molecule has 100 valence electrons. The normalized spacial score (nSPS) is 24.2. The van der Waals surface area contributed by atoms with E-state index < -0.39 is 0 Å². The lowest BCUT2D eigenvalue weighted by Crippen LogP contribution is -2.51. The van der Waals surface area contributed by atoms with Gasteiger partial charge in [0.25, 0.3) is 0 Å². The molecule has 1 aliphatic heterocycles. The van der Waals surface area contributed by atoms with E-state index in [2.05, 4.69) is 17.1 Å². The number of likely N-dealkylation sites (N-methyl/N-ethyl adjacent to an activating group) is 1. The molecule has 1 heterocycles. The Labute approximate surface area is 105 Å². The molecule has 1 saturated heterocycles. The summed E-state index contributed by atoms with van der Waals surface area (Å²) in [4.78, 5) is 13.8. The fourth-order valence-electron chi connectivity index (χ4n) is 2.68. The summed E-state index contributed by atoms with van der Waals surface area (Å²) in [5, 5.41) is 3.18. The molecule has 0 spiro atoms. The highest BCUT2D eigenvalue weighted by Crippen LogP contribution is 2.19. The van der Waals surface area contributed by atoms with Crippen LogP contribution in [0.5, 0.6) is 0 Å². The number of rotatable bonds is 6. The summed E-state index contributed by atoms with van der Waals surface area (Å²) in [6.07, 6.45) is 6.30. The standard InChI is InChI=1S/C13H27N3O/c1-3-11-8-6-5-7-9-16(11)10-12(13(14)17)15-4-2/h11-12,15H,3-10H2,1-2H3,(H2,14,17). The first-order valence-electron chi connectivity index (χ1n) is 6.95. The molecule has 3 N–H and O–H groups in total. The van der Waals surface area contributed by atoms with Gasteiger partial charge in [-0.3, -0.25) is 9.69 Å². The Morgan fingerprint density at radius 2 is 2.18 bits per heavy atom. The highest BCUT2D eigenvalue weighted by atomic mass is 16.1. The van der Waals surface area contributed by atoms with Crippen LogP contribution in [0.1, 0.15) is 46.0 Å². The molecule has 4 heteroatoms. The van der Waals surface area contributed by atoms with Gasteiger partial charge in [-0.05, 0) is 32.4 Å². The number of primary amides is 1. The fourth-order valence-corrected chi connectivity index (χ4v) is 2.68. The summed E-state index contributed by atoms with van der Waals surface area (Å²) < 4.78 is 0. The van der Waals surface area contributed by atoms with Crippen molar-refractivity contribution in [3.05, 3.63) is 0 Å². The van der Waals surface area contributed by atoms with Gasteiger partial charge in [0, 0.05) is 12.6 Å². The highest BCUT2D eigenvalue weighted by molar-refractivity contribution is 5.80. The van der Waals surface area contributed by atoms with Crippen LogP contribution in [0.4, 0.5) is 0 Å². The molecule has 0 bridgehead atoms. The predicted octanol–water partition coefficient (Wildman–Crippen LogP) is 1.10. The van der Waals surface area contributed by atoms with Crippen molar-refractivity contribution in [3.8, 4) is 0 Å². The third kappa shape index (κ3) is 4.64. The maximum atomic E-state index is 11.4. The Balaban J connectivity index is 2.57. The summed E-state index contributed by atoms with van der Waals surface area (Å²) in [7, 11) is 0. The smallest absolute Gasteiger partial charge is 0.235 e. The number of nitrogens with one attached hydrogen (secondary N) is 1. The van der Waals surface area contributed by atoms with E-state index in [1.807, 2.05) is 6.92 Å². The number of carbonyl (C=O) groups is 1. The fraction of sp³-hybridized carbons (Fsp3) is 0.923. The second kappa shape index (κ2) is 7.67. The van der Waals surface area contributed by atoms with Gasteiger partial charge in [0.2, 0.25) is 5.91 Å². The van der Waals surface area contributed by atoms with Gasteiger partial charge in [0.1, 0.15) is 0 Å². The summed E-state index contributed by atoms with van der Waals surface area (Å²) in [5.74, 6) is -0.231. The van der Waals surface area contributed by atoms with Gasteiger partial charge in [0.15, 0.2) is 0 Å². The van der Waals surface area contributed by atoms with Crippen LogP contribution in [-0.2, 0) is 4.79 Å². The summed E-state index contributed by atoms with van der Waals surface area (Å²) >= 11 is 0. The molecule has 0 aromatic rings. The third-order valence-corrected chi connectivity index (χ3v) is 3.68. The minimum atomic E-state index is -0.231. The molecule has 2 atom stereocenters. The van der Waals surface area contributed by atoms with Crippen molar-refractivity contribution < 1.29 is 4.79 Å². The van der Waals surface area contributed by atoms with Crippen LogP contribution in [0, 0.1) is 0 Å². The molecule has 0 saturated carbocycles. The van der Waals surface area contributed by atoms with E-state index in [0.29, 0.717) is 6.04 Å². The van der Waals surface area contributed by atoms with Crippen molar-refractivity contribution in [2.75, 3.05) is 19.6 Å². The molecule has 1 rings (SSSR count). The van der Waals surface area contributed by atoms with E-state index in [4.69, 9.17) is 5.73 Å². The maximum Gasteiger partial charge on any atom is 0.235 e. The van der Waals surface area contributed by atoms with Crippen LogP contribution in [0.15, 0.2) is 0 Å². The van der Waals surface area contributed by atoms with Gasteiger partial charge in [0.05, 0.1) is 6.04 Å². The van der Waals surface area contributed by atoms with Crippen LogP contribution < -0.4 is 11.1 Å². The van der Waals surface area contributed by atoms with Crippen LogP contribution in [0.2, 0.25) is 0 Å². The van der Waals surface area contributed by atoms with Gasteiger partial charge in [-0.1, -0.05) is 26.7 Å². The number of amides is 1. The minimum absolute atomic E-state index is 0.202. The lowest BCUT2D eigenvalue weighted by molar-refractivity contribution is -0.120. The topological polar surface area (TPSA) is 58.4 Å². The SMILES string of the molecule is CCNC(CN1CCCCCC1CC)C(N)=O. The molecule has 0 radical (unpaired) electrons. The molecule has 1 fully saturated rings. The Morgan fingerprint density at radius 1 is 1.41 bits per heavy atom. The lowest BCUT2D eigenvalue weighted by atomic mass is 10.1. The van der Waals surface area contributed by atoms with E-state index in [0.717, 1.165) is 26.1 Å². The van der Waals surface area contributed by atoms with Crippen LogP contribution >= 0.6 is 0 Å². The number of likely N-dealkylation sites (tertiary alicyclic amines) is 1. The summed E-state index contributed by atoms with van der Waals surface area (Å²) in [6, 6.07) is 0.421. The number of nitrogens with two attached hydrogens (primary N) is 1. The summed E-state index contributed by atoms with van der Waals surface area (Å²) in [6.45, 7) is 6.90.